The molecule has 0 aliphatic heterocycles. The molecule has 1 N–H and O–H groups in total. The van der Waals surface area contributed by atoms with Crippen LogP contribution in [0.4, 0.5) is 5.69 Å². The van der Waals surface area contributed by atoms with Crippen LogP contribution >= 0.6 is 11.6 Å². The van der Waals surface area contributed by atoms with Gasteiger partial charge in [0, 0.05) is 18.7 Å². The lowest BCUT2D eigenvalue weighted by molar-refractivity contribution is 0.0730. The molecule has 184 valence electrons. The van der Waals surface area contributed by atoms with E-state index in [0.29, 0.717) is 18.8 Å². The highest BCUT2D eigenvalue weighted by Crippen LogP contribution is 2.28. The van der Waals surface area contributed by atoms with Crippen LogP contribution in [-0.2, 0) is 23.1 Å². The Morgan fingerprint density at radius 1 is 0.806 bits per heavy atom. The van der Waals surface area contributed by atoms with Gasteiger partial charge in [-0.1, -0.05) is 84.4 Å². The van der Waals surface area contributed by atoms with Crippen LogP contribution in [0.3, 0.4) is 0 Å². The number of nitrogens with one attached hydrogen (secondary N) is 1. The number of nitrogens with zero attached hydrogens (tertiary/aromatic N) is 1. The van der Waals surface area contributed by atoms with Crippen molar-refractivity contribution in [3.8, 4) is 0 Å². The quantitative estimate of drug-likeness (QED) is 0.286. The van der Waals surface area contributed by atoms with E-state index in [0.717, 1.165) is 22.3 Å². The highest BCUT2D eigenvalue weighted by Gasteiger charge is 2.24. The molecule has 0 heterocycles. The second kappa shape index (κ2) is 11.0. The minimum atomic E-state index is -4.04. The van der Waals surface area contributed by atoms with Gasteiger partial charge in [-0.2, -0.15) is 0 Å². The largest absolute Gasteiger partial charge is 0.330 e. The molecule has 4 rings (SSSR count). The zero-order valence-corrected chi connectivity index (χ0v) is 21.7. The normalized spacial score (nSPS) is 11.2. The second-order valence-corrected chi connectivity index (χ2v) is 10.7. The van der Waals surface area contributed by atoms with Crippen LogP contribution in [0, 0.1) is 13.8 Å². The summed E-state index contributed by atoms with van der Waals surface area (Å²) in [5.74, 6) is -0.289. The standard InChI is InChI=1S/C29H27ClN2O3S/c1-21-10-9-15-27(22(21)2)31-36(34,35)28-18-25(16-17-26(28)30)29(33)32(19-23-11-5-3-6-12-23)20-24-13-7-4-8-14-24/h3-18,31H,19-20H2,1-2H3. The maximum absolute atomic E-state index is 13.7. The van der Waals surface area contributed by atoms with Gasteiger partial charge in [-0.15, -0.1) is 0 Å². The van der Waals surface area contributed by atoms with Crippen LogP contribution < -0.4 is 4.72 Å². The average molecular weight is 519 g/mol. The molecule has 0 radical (unpaired) electrons. The van der Waals surface area contributed by atoms with Crippen molar-refractivity contribution in [1.82, 2.24) is 4.90 Å². The summed E-state index contributed by atoms with van der Waals surface area (Å²) >= 11 is 6.32. The van der Waals surface area contributed by atoms with Crippen LogP contribution in [-0.4, -0.2) is 19.2 Å². The van der Waals surface area contributed by atoms with Crippen LogP contribution in [0.15, 0.2) is 102 Å². The summed E-state index contributed by atoms with van der Waals surface area (Å²) in [6.07, 6.45) is 0. The zero-order valence-electron chi connectivity index (χ0n) is 20.1. The minimum absolute atomic E-state index is 0.0435. The van der Waals surface area contributed by atoms with Crippen molar-refractivity contribution in [1.29, 1.82) is 0 Å². The van der Waals surface area contributed by atoms with E-state index in [9.17, 15) is 13.2 Å². The van der Waals surface area contributed by atoms with E-state index in [1.54, 1.807) is 23.1 Å². The van der Waals surface area contributed by atoms with Gasteiger partial charge in [0.05, 0.1) is 10.7 Å². The third-order valence-corrected chi connectivity index (χ3v) is 7.88. The number of halogens is 1. The monoisotopic (exact) mass is 518 g/mol. The van der Waals surface area contributed by atoms with Crippen molar-refractivity contribution in [2.24, 2.45) is 0 Å². The summed E-state index contributed by atoms with van der Waals surface area (Å²) in [4.78, 5) is 15.2. The first-order valence-electron chi connectivity index (χ1n) is 11.5. The van der Waals surface area contributed by atoms with Crippen molar-refractivity contribution in [2.45, 2.75) is 31.8 Å². The van der Waals surface area contributed by atoms with E-state index in [1.807, 2.05) is 80.6 Å². The lowest BCUT2D eigenvalue weighted by Crippen LogP contribution is -2.30. The van der Waals surface area contributed by atoms with Crippen molar-refractivity contribution < 1.29 is 13.2 Å². The average Bonchev–Trinajstić information content (AvgIpc) is 2.87. The second-order valence-electron chi connectivity index (χ2n) is 8.63. The lowest BCUT2D eigenvalue weighted by Gasteiger charge is -2.24. The van der Waals surface area contributed by atoms with Crippen LogP contribution in [0.1, 0.15) is 32.6 Å². The fraction of sp³-hybridized carbons (Fsp3) is 0.138. The first-order chi connectivity index (χ1) is 17.2. The molecule has 0 aromatic heterocycles. The Morgan fingerprint density at radius 2 is 1.39 bits per heavy atom. The van der Waals surface area contributed by atoms with E-state index in [2.05, 4.69) is 4.72 Å². The first kappa shape index (κ1) is 25.5. The molecule has 0 saturated carbocycles. The summed E-state index contributed by atoms with van der Waals surface area (Å²) in [6.45, 7) is 4.51. The molecule has 0 unspecified atom stereocenters. The molecule has 0 fully saturated rings. The number of aryl methyl sites for hydroxylation is 1. The van der Waals surface area contributed by atoms with Gasteiger partial charge in [-0.25, -0.2) is 8.42 Å². The predicted octanol–water partition coefficient (Wildman–Crippen LogP) is 6.60. The Morgan fingerprint density at radius 3 is 1.97 bits per heavy atom. The van der Waals surface area contributed by atoms with Gasteiger partial charge in [0.1, 0.15) is 4.90 Å². The summed E-state index contributed by atoms with van der Waals surface area (Å²) in [7, 11) is -4.04. The summed E-state index contributed by atoms with van der Waals surface area (Å²) in [5, 5.41) is 0.0435. The summed E-state index contributed by atoms with van der Waals surface area (Å²) in [5.41, 5.74) is 4.44. The Labute approximate surface area is 217 Å². The van der Waals surface area contributed by atoms with Crippen molar-refractivity contribution in [2.75, 3.05) is 4.72 Å². The number of carbonyl (C=O) groups excluding carboxylic acids is 1. The van der Waals surface area contributed by atoms with Crippen molar-refractivity contribution in [3.05, 3.63) is 130 Å². The number of anilines is 1. The molecule has 0 bridgehead atoms. The van der Waals surface area contributed by atoms with Gasteiger partial charge < -0.3 is 4.90 Å². The summed E-state index contributed by atoms with van der Waals surface area (Å²) < 4.78 is 29.2. The Bertz CT molecular complexity index is 1430. The summed E-state index contributed by atoms with van der Waals surface area (Å²) in [6, 6.07) is 29.1. The lowest BCUT2D eigenvalue weighted by atomic mass is 10.1. The number of hydrogen-bond acceptors (Lipinski definition) is 3. The molecule has 0 aliphatic rings. The highest BCUT2D eigenvalue weighted by atomic mass is 35.5. The van der Waals surface area contributed by atoms with Crippen LogP contribution in [0.5, 0.6) is 0 Å². The minimum Gasteiger partial charge on any atom is -0.330 e. The van der Waals surface area contributed by atoms with E-state index in [-0.39, 0.29) is 21.4 Å². The van der Waals surface area contributed by atoms with Gasteiger partial charge in [-0.3, -0.25) is 9.52 Å². The third-order valence-electron chi connectivity index (χ3n) is 6.04. The van der Waals surface area contributed by atoms with Crippen LogP contribution in [0.2, 0.25) is 5.02 Å². The molecule has 36 heavy (non-hydrogen) atoms. The maximum atomic E-state index is 13.7. The fourth-order valence-electron chi connectivity index (χ4n) is 3.89. The molecule has 5 nitrogen and oxygen atoms in total. The van der Waals surface area contributed by atoms with Gasteiger partial charge in [0.2, 0.25) is 0 Å². The van der Waals surface area contributed by atoms with Gasteiger partial charge >= 0.3 is 0 Å². The molecular weight excluding hydrogens is 492 g/mol. The third kappa shape index (κ3) is 5.96. The van der Waals surface area contributed by atoms with Gasteiger partial charge in [-0.05, 0) is 60.4 Å². The molecule has 4 aromatic rings. The number of rotatable bonds is 8. The molecular formula is C29H27ClN2O3S. The highest BCUT2D eigenvalue weighted by molar-refractivity contribution is 7.92. The zero-order chi connectivity index (χ0) is 25.7. The molecule has 7 heteroatoms. The molecule has 0 aliphatic carbocycles. The Hall–Kier alpha value is -3.61. The van der Waals surface area contributed by atoms with E-state index >= 15 is 0 Å². The molecule has 0 spiro atoms. The topological polar surface area (TPSA) is 66.5 Å². The molecule has 4 aromatic carbocycles. The number of amides is 1. The predicted molar refractivity (Wildman–Crippen MR) is 145 cm³/mol. The smallest absolute Gasteiger partial charge is 0.263 e. The van der Waals surface area contributed by atoms with E-state index in [4.69, 9.17) is 11.6 Å². The van der Waals surface area contributed by atoms with Crippen molar-refractivity contribution >= 4 is 33.2 Å². The van der Waals surface area contributed by atoms with Crippen molar-refractivity contribution in [3.63, 3.8) is 0 Å². The van der Waals surface area contributed by atoms with E-state index in [1.165, 1.54) is 12.1 Å². The SMILES string of the molecule is Cc1cccc(NS(=O)(=O)c2cc(C(=O)N(Cc3ccccc3)Cc3ccccc3)ccc2Cl)c1C. The van der Waals surface area contributed by atoms with Crippen LogP contribution in [0.25, 0.3) is 0 Å². The first-order valence-corrected chi connectivity index (χ1v) is 13.4. The number of carbonyl (C=O) groups is 1. The number of hydrogen-bond donors (Lipinski definition) is 1. The Balaban J connectivity index is 1.67. The molecule has 1 amide bonds. The number of benzene rings is 4. The van der Waals surface area contributed by atoms with Gasteiger partial charge in [0.25, 0.3) is 15.9 Å². The maximum Gasteiger partial charge on any atom is 0.263 e. The number of sulfonamides is 1. The van der Waals surface area contributed by atoms with Gasteiger partial charge in [0.15, 0.2) is 0 Å². The molecule has 0 saturated heterocycles. The molecule has 0 atom stereocenters. The van der Waals surface area contributed by atoms with E-state index < -0.39 is 10.0 Å². The fourth-order valence-corrected chi connectivity index (χ4v) is 5.54. The Kier molecular flexibility index (Phi) is 7.77.